The number of alkyl halides is 1. The van der Waals surface area contributed by atoms with Gasteiger partial charge < -0.3 is 4.74 Å². The molecular formula is C4H7BrO2. The van der Waals surface area contributed by atoms with Gasteiger partial charge in [0.05, 0.1) is 6.61 Å². The topological polar surface area (TPSA) is 26.3 Å². The van der Waals surface area contributed by atoms with Crippen LogP contribution in [-0.4, -0.2) is 17.9 Å². The van der Waals surface area contributed by atoms with Gasteiger partial charge in [0.25, 0.3) is 0 Å². The number of halogens is 1. The van der Waals surface area contributed by atoms with Crippen LogP contribution in [0.15, 0.2) is 0 Å². The van der Waals surface area contributed by atoms with E-state index in [0.29, 0.717) is 11.9 Å². The molecule has 0 aromatic rings. The number of ether oxygens (including phenoxy) is 1. The molecule has 0 spiro atoms. The normalized spacial score (nSPS) is 8.29. The van der Waals surface area contributed by atoms with Crippen molar-refractivity contribution in [2.45, 2.75) is 6.92 Å². The van der Waals surface area contributed by atoms with Gasteiger partial charge in [0, 0.05) is 0 Å². The fourth-order valence-electron chi connectivity index (χ4n) is 0.200. The van der Waals surface area contributed by atoms with Gasteiger partial charge in [-0.3, -0.25) is 4.79 Å². The molecule has 0 saturated heterocycles. The SMILES string of the molecule is CCO[13C](=O)[13CH2]Br. The molecule has 0 rings (SSSR count). The van der Waals surface area contributed by atoms with Gasteiger partial charge in [0.2, 0.25) is 0 Å². The maximum atomic E-state index is 10.1. The first kappa shape index (κ1) is 6.95. The van der Waals surface area contributed by atoms with E-state index < -0.39 is 0 Å². The lowest BCUT2D eigenvalue weighted by Gasteiger charge is -1.92. The van der Waals surface area contributed by atoms with Gasteiger partial charge in [-0.05, 0) is 6.92 Å². The summed E-state index contributed by atoms with van der Waals surface area (Å²) in [5.41, 5.74) is 0. The lowest BCUT2D eigenvalue weighted by molar-refractivity contribution is -0.139. The second kappa shape index (κ2) is 4.12. The minimum Gasteiger partial charge on any atom is -0.465 e. The van der Waals surface area contributed by atoms with Gasteiger partial charge in [-0.25, -0.2) is 0 Å². The van der Waals surface area contributed by atoms with Crippen molar-refractivity contribution in [2.75, 3.05) is 11.9 Å². The van der Waals surface area contributed by atoms with Crippen LogP contribution in [0.2, 0.25) is 0 Å². The third kappa shape index (κ3) is 3.79. The zero-order valence-corrected chi connectivity index (χ0v) is 5.69. The van der Waals surface area contributed by atoms with E-state index in [1.54, 1.807) is 6.92 Å². The Balaban J connectivity index is 3.00. The molecular weight excluding hydrogens is 162 g/mol. The van der Waals surface area contributed by atoms with Gasteiger partial charge in [-0.15, -0.1) is 0 Å². The summed E-state index contributed by atoms with van der Waals surface area (Å²) in [4.78, 5) is 10.1. The molecule has 0 heterocycles. The highest BCUT2D eigenvalue weighted by atomic mass is 79.9. The molecule has 0 aromatic carbocycles. The standard InChI is InChI=1S/C4H7BrO2/c1-2-7-4(6)3-5/h2-3H2,1H3/i3+1,4+1. The summed E-state index contributed by atoms with van der Waals surface area (Å²) in [6, 6.07) is 0. The van der Waals surface area contributed by atoms with Gasteiger partial charge in [-0.1, -0.05) is 15.9 Å². The molecule has 0 amide bonds. The summed E-state index contributed by atoms with van der Waals surface area (Å²) in [5.74, 6) is -0.206. The van der Waals surface area contributed by atoms with E-state index in [1.807, 2.05) is 0 Å². The Hall–Kier alpha value is -0.0500. The third-order valence-electron chi connectivity index (χ3n) is 0.414. The molecule has 0 aliphatic carbocycles. The average Bonchev–Trinajstić information content (AvgIpc) is 1.68. The summed E-state index contributed by atoms with van der Waals surface area (Å²) in [5, 5.41) is 0.292. The monoisotopic (exact) mass is 168 g/mol. The summed E-state index contributed by atoms with van der Waals surface area (Å²) < 4.78 is 4.51. The van der Waals surface area contributed by atoms with Crippen molar-refractivity contribution >= 4 is 21.9 Å². The van der Waals surface area contributed by atoms with Crippen molar-refractivity contribution in [2.24, 2.45) is 0 Å². The van der Waals surface area contributed by atoms with E-state index in [2.05, 4.69) is 20.7 Å². The molecule has 0 unspecified atom stereocenters. The Labute approximate surface area is 51.0 Å². The van der Waals surface area contributed by atoms with Crippen molar-refractivity contribution < 1.29 is 9.53 Å². The van der Waals surface area contributed by atoms with Crippen LogP contribution in [0.25, 0.3) is 0 Å². The Morgan fingerprint density at radius 1 is 1.86 bits per heavy atom. The van der Waals surface area contributed by atoms with Crippen LogP contribution in [0, 0.1) is 0 Å². The van der Waals surface area contributed by atoms with E-state index in [9.17, 15) is 4.79 Å². The highest BCUT2D eigenvalue weighted by Crippen LogP contribution is 1.82. The van der Waals surface area contributed by atoms with Crippen LogP contribution in [0.3, 0.4) is 0 Å². The second-order valence-corrected chi connectivity index (χ2v) is 1.50. The predicted molar refractivity (Wildman–Crippen MR) is 30.4 cm³/mol. The van der Waals surface area contributed by atoms with Crippen LogP contribution in [0.5, 0.6) is 0 Å². The van der Waals surface area contributed by atoms with Crippen molar-refractivity contribution in [1.29, 1.82) is 0 Å². The minimum absolute atomic E-state index is 0.206. The average molecular weight is 169 g/mol. The zero-order valence-electron chi connectivity index (χ0n) is 4.11. The minimum atomic E-state index is -0.206. The number of carbonyl (C=O) groups is 1. The van der Waals surface area contributed by atoms with Crippen molar-refractivity contribution in [3.63, 3.8) is 0 Å². The molecule has 0 bridgehead atoms. The maximum Gasteiger partial charge on any atom is 0.316 e. The molecule has 0 radical (unpaired) electrons. The first-order chi connectivity index (χ1) is 3.31. The highest BCUT2D eigenvalue weighted by molar-refractivity contribution is 9.09. The Kier molecular flexibility index (Phi) is 4.09. The van der Waals surface area contributed by atoms with E-state index in [4.69, 9.17) is 0 Å². The lowest BCUT2D eigenvalue weighted by atomic mass is 10.9. The molecule has 7 heavy (non-hydrogen) atoms. The van der Waals surface area contributed by atoms with Crippen LogP contribution >= 0.6 is 15.9 Å². The summed E-state index contributed by atoms with van der Waals surface area (Å²) >= 11 is 2.94. The molecule has 0 aliphatic heterocycles. The Bertz CT molecular complexity index is 62.7. The van der Waals surface area contributed by atoms with Crippen LogP contribution in [0.1, 0.15) is 6.92 Å². The predicted octanol–water partition coefficient (Wildman–Crippen LogP) is 0.944. The van der Waals surface area contributed by atoms with E-state index >= 15 is 0 Å². The maximum absolute atomic E-state index is 10.1. The van der Waals surface area contributed by atoms with E-state index in [-0.39, 0.29) is 5.97 Å². The van der Waals surface area contributed by atoms with Crippen LogP contribution < -0.4 is 0 Å². The Morgan fingerprint density at radius 3 is 2.57 bits per heavy atom. The quantitative estimate of drug-likeness (QED) is 0.349. The lowest BCUT2D eigenvalue weighted by Crippen LogP contribution is -2.03. The van der Waals surface area contributed by atoms with Gasteiger partial charge >= 0.3 is 5.97 Å². The molecule has 42 valence electrons. The molecule has 0 aromatic heterocycles. The number of carbonyl (C=O) groups excluding carboxylic acids is 1. The third-order valence-corrected chi connectivity index (χ3v) is 0.872. The number of rotatable bonds is 2. The number of esters is 1. The zero-order chi connectivity index (χ0) is 5.70. The summed E-state index contributed by atoms with van der Waals surface area (Å²) in [7, 11) is 0. The summed E-state index contributed by atoms with van der Waals surface area (Å²) in [6.45, 7) is 2.24. The molecule has 0 fully saturated rings. The molecule has 2 nitrogen and oxygen atoms in total. The van der Waals surface area contributed by atoms with E-state index in [0.717, 1.165) is 0 Å². The Morgan fingerprint density at radius 2 is 2.43 bits per heavy atom. The number of hydrogen-bond donors (Lipinski definition) is 0. The van der Waals surface area contributed by atoms with Crippen LogP contribution in [-0.2, 0) is 9.53 Å². The first-order valence-corrected chi connectivity index (χ1v) is 3.15. The van der Waals surface area contributed by atoms with Crippen molar-refractivity contribution in [3.05, 3.63) is 0 Å². The fourth-order valence-corrected chi connectivity index (χ4v) is 0.361. The molecule has 0 atom stereocenters. The highest BCUT2D eigenvalue weighted by Gasteiger charge is 1.92. The van der Waals surface area contributed by atoms with Crippen molar-refractivity contribution in [1.82, 2.24) is 0 Å². The molecule has 3 heteroatoms. The smallest absolute Gasteiger partial charge is 0.316 e. The van der Waals surface area contributed by atoms with Gasteiger partial charge in [-0.2, -0.15) is 0 Å². The van der Waals surface area contributed by atoms with Gasteiger partial charge in [0.1, 0.15) is 5.33 Å². The first-order valence-electron chi connectivity index (χ1n) is 2.02. The molecule has 0 saturated carbocycles. The second-order valence-electron chi connectivity index (χ2n) is 0.939. The molecule has 0 N–H and O–H groups in total. The van der Waals surface area contributed by atoms with Crippen molar-refractivity contribution in [3.8, 4) is 0 Å². The molecule has 0 aliphatic rings. The summed E-state index contributed by atoms with van der Waals surface area (Å²) in [6.07, 6.45) is 0. The fraction of sp³-hybridized carbons (Fsp3) is 0.750. The van der Waals surface area contributed by atoms with E-state index in [1.165, 1.54) is 0 Å². The van der Waals surface area contributed by atoms with Gasteiger partial charge in [0.15, 0.2) is 0 Å². The van der Waals surface area contributed by atoms with Crippen LogP contribution in [0.4, 0.5) is 0 Å². The number of hydrogen-bond acceptors (Lipinski definition) is 2. The largest absolute Gasteiger partial charge is 0.465 e.